The molecule has 0 aliphatic heterocycles. The number of aromatic nitrogens is 2. The Labute approximate surface area is 90.5 Å². The van der Waals surface area contributed by atoms with E-state index in [4.69, 9.17) is 0 Å². The Balaban J connectivity index is 2.03. The summed E-state index contributed by atoms with van der Waals surface area (Å²) in [5, 5.41) is 6.44. The molecule has 1 saturated carbocycles. The van der Waals surface area contributed by atoms with E-state index in [1.807, 2.05) is 7.05 Å². The third kappa shape index (κ3) is 2.37. The van der Waals surface area contributed by atoms with E-state index in [2.05, 4.69) is 27.5 Å². The molecule has 2 unspecified atom stereocenters. The quantitative estimate of drug-likeness (QED) is 0.795. The number of hydrogen-bond donors (Lipinski definition) is 2. The van der Waals surface area contributed by atoms with Crippen LogP contribution in [0.3, 0.4) is 0 Å². The molecule has 0 bridgehead atoms. The minimum atomic E-state index is 0.561. The van der Waals surface area contributed by atoms with Gasteiger partial charge in [-0.3, -0.25) is 4.98 Å². The van der Waals surface area contributed by atoms with Gasteiger partial charge in [0.1, 0.15) is 11.6 Å². The van der Waals surface area contributed by atoms with Gasteiger partial charge in [0.15, 0.2) is 0 Å². The number of rotatable bonds is 3. The second kappa shape index (κ2) is 4.47. The van der Waals surface area contributed by atoms with Crippen LogP contribution in [0.25, 0.3) is 0 Å². The predicted octanol–water partition coefficient (Wildman–Crippen LogP) is 2.12. The Bertz CT molecular complexity index is 326. The summed E-state index contributed by atoms with van der Waals surface area (Å²) < 4.78 is 0. The molecule has 15 heavy (non-hydrogen) atoms. The standard InChI is InChI=1S/C11H18N4/c1-8-4-3-5-9(8)14-11-7-13-6-10(12-2)15-11/h6-9H,3-5H2,1-2H3,(H2,12,14,15). The first-order valence-electron chi connectivity index (χ1n) is 5.56. The van der Waals surface area contributed by atoms with Gasteiger partial charge >= 0.3 is 0 Å². The SMILES string of the molecule is CNc1cncc(NC2CCCC2C)n1. The average Bonchev–Trinajstić information content (AvgIpc) is 2.65. The molecule has 1 aromatic heterocycles. The topological polar surface area (TPSA) is 49.8 Å². The molecule has 4 heteroatoms. The Kier molecular flexibility index (Phi) is 3.04. The van der Waals surface area contributed by atoms with Crippen molar-refractivity contribution < 1.29 is 0 Å². The second-order valence-corrected chi connectivity index (χ2v) is 4.20. The predicted molar refractivity (Wildman–Crippen MR) is 62.0 cm³/mol. The lowest BCUT2D eigenvalue weighted by molar-refractivity contribution is 0.554. The molecule has 1 fully saturated rings. The maximum atomic E-state index is 4.40. The van der Waals surface area contributed by atoms with Gasteiger partial charge < -0.3 is 10.6 Å². The molecule has 82 valence electrons. The fourth-order valence-electron chi connectivity index (χ4n) is 2.11. The molecule has 1 aliphatic carbocycles. The van der Waals surface area contributed by atoms with Crippen molar-refractivity contribution in [2.45, 2.75) is 32.2 Å². The van der Waals surface area contributed by atoms with Crippen LogP contribution in [0.15, 0.2) is 12.4 Å². The highest BCUT2D eigenvalue weighted by Crippen LogP contribution is 2.27. The van der Waals surface area contributed by atoms with Gasteiger partial charge in [0.2, 0.25) is 0 Å². The largest absolute Gasteiger partial charge is 0.372 e. The first-order valence-corrected chi connectivity index (χ1v) is 5.56. The third-order valence-corrected chi connectivity index (χ3v) is 3.09. The van der Waals surface area contributed by atoms with E-state index in [1.165, 1.54) is 19.3 Å². The Morgan fingerprint density at radius 1 is 1.27 bits per heavy atom. The Morgan fingerprint density at radius 3 is 2.73 bits per heavy atom. The van der Waals surface area contributed by atoms with Crippen molar-refractivity contribution in [3.05, 3.63) is 12.4 Å². The Hall–Kier alpha value is -1.32. The molecule has 4 nitrogen and oxygen atoms in total. The zero-order valence-electron chi connectivity index (χ0n) is 9.33. The Morgan fingerprint density at radius 2 is 2.07 bits per heavy atom. The molecular weight excluding hydrogens is 188 g/mol. The van der Waals surface area contributed by atoms with E-state index >= 15 is 0 Å². The molecule has 2 rings (SSSR count). The highest BCUT2D eigenvalue weighted by atomic mass is 15.1. The number of nitrogens with one attached hydrogen (secondary N) is 2. The highest BCUT2D eigenvalue weighted by Gasteiger charge is 2.23. The normalized spacial score (nSPS) is 25.2. The molecule has 1 aromatic rings. The van der Waals surface area contributed by atoms with Crippen molar-refractivity contribution in [2.75, 3.05) is 17.7 Å². The third-order valence-electron chi connectivity index (χ3n) is 3.09. The molecule has 0 aromatic carbocycles. The van der Waals surface area contributed by atoms with E-state index < -0.39 is 0 Å². The summed E-state index contributed by atoms with van der Waals surface area (Å²) >= 11 is 0. The number of hydrogen-bond acceptors (Lipinski definition) is 4. The average molecular weight is 206 g/mol. The summed E-state index contributed by atoms with van der Waals surface area (Å²) in [5.41, 5.74) is 0. The van der Waals surface area contributed by atoms with Crippen molar-refractivity contribution in [2.24, 2.45) is 5.92 Å². The van der Waals surface area contributed by atoms with Crippen LogP contribution in [0.1, 0.15) is 26.2 Å². The van der Waals surface area contributed by atoms with Crippen molar-refractivity contribution in [3.63, 3.8) is 0 Å². The lowest BCUT2D eigenvalue weighted by atomic mass is 10.1. The molecule has 2 N–H and O–H groups in total. The van der Waals surface area contributed by atoms with E-state index in [0.717, 1.165) is 17.6 Å². The first kappa shape index (κ1) is 10.2. The van der Waals surface area contributed by atoms with Crippen LogP contribution in [0.4, 0.5) is 11.6 Å². The van der Waals surface area contributed by atoms with Gasteiger partial charge in [0, 0.05) is 13.1 Å². The van der Waals surface area contributed by atoms with Gasteiger partial charge in [-0.1, -0.05) is 13.3 Å². The van der Waals surface area contributed by atoms with Crippen molar-refractivity contribution in [1.82, 2.24) is 9.97 Å². The lowest BCUT2D eigenvalue weighted by Gasteiger charge is -2.17. The van der Waals surface area contributed by atoms with Gasteiger partial charge in [0.25, 0.3) is 0 Å². The first-order chi connectivity index (χ1) is 7.29. The van der Waals surface area contributed by atoms with Gasteiger partial charge in [-0.15, -0.1) is 0 Å². The molecule has 1 aliphatic rings. The molecule has 0 spiro atoms. The zero-order valence-corrected chi connectivity index (χ0v) is 9.33. The van der Waals surface area contributed by atoms with Crippen LogP contribution < -0.4 is 10.6 Å². The van der Waals surface area contributed by atoms with Gasteiger partial charge in [-0.05, 0) is 18.8 Å². The van der Waals surface area contributed by atoms with Crippen molar-refractivity contribution in [1.29, 1.82) is 0 Å². The fraction of sp³-hybridized carbons (Fsp3) is 0.636. The fourth-order valence-corrected chi connectivity index (χ4v) is 2.11. The summed E-state index contributed by atoms with van der Waals surface area (Å²) in [6.07, 6.45) is 7.39. The van der Waals surface area contributed by atoms with Gasteiger partial charge in [-0.25, -0.2) is 4.98 Å². The maximum Gasteiger partial charge on any atom is 0.147 e. The minimum absolute atomic E-state index is 0.561. The molecule has 1 heterocycles. The van der Waals surface area contributed by atoms with Crippen LogP contribution in [0, 0.1) is 5.92 Å². The summed E-state index contributed by atoms with van der Waals surface area (Å²) in [5.74, 6) is 2.43. The maximum absolute atomic E-state index is 4.40. The van der Waals surface area contributed by atoms with Crippen molar-refractivity contribution >= 4 is 11.6 Å². The summed E-state index contributed by atoms with van der Waals surface area (Å²) in [6, 6.07) is 0.561. The van der Waals surface area contributed by atoms with E-state index in [1.54, 1.807) is 12.4 Å². The molecule has 0 radical (unpaired) electrons. The van der Waals surface area contributed by atoms with E-state index in [9.17, 15) is 0 Å². The van der Waals surface area contributed by atoms with Crippen LogP contribution in [0.2, 0.25) is 0 Å². The molecule has 0 saturated heterocycles. The van der Waals surface area contributed by atoms with Crippen LogP contribution in [-0.4, -0.2) is 23.1 Å². The van der Waals surface area contributed by atoms with Crippen LogP contribution in [0.5, 0.6) is 0 Å². The van der Waals surface area contributed by atoms with E-state index in [-0.39, 0.29) is 0 Å². The number of anilines is 2. The molecular formula is C11H18N4. The highest BCUT2D eigenvalue weighted by molar-refractivity contribution is 5.41. The van der Waals surface area contributed by atoms with Gasteiger partial charge in [-0.2, -0.15) is 0 Å². The monoisotopic (exact) mass is 206 g/mol. The lowest BCUT2D eigenvalue weighted by Crippen LogP contribution is -2.22. The smallest absolute Gasteiger partial charge is 0.147 e. The minimum Gasteiger partial charge on any atom is -0.372 e. The zero-order chi connectivity index (χ0) is 10.7. The van der Waals surface area contributed by atoms with Gasteiger partial charge in [0.05, 0.1) is 12.4 Å². The molecule has 0 amide bonds. The second-order valence-electron chi connectivity index (χ2n) is 4.20. The number of nitrogens with zero attached hydrogens (tertiary/aromatic N) is 2. The van der Waals surface area contributed by atoms with Crippen LogP contribution >= 0.6 is 0 Å². The summed E-state index contributed by atoms with van der Waals surface area (Å²) in [4.78, 5) is 8.54. The summed E-state index contributed by atoms with van der Waals surface area (Å²) in [7, 11) is 1.85. The molecule has 2 atom stereocenters. The van der Waals surface area contributed by atoms with Crippen LogP contribution in [-0.2, 0) is 0 Å². The van der Waals surface area contributed by atoms with Crippen molar-refractivity contribution in [3.8, 4) is 0 Å². The van der Waals surface area contributed by atoms with E-state index in [0.29, 0.717) is 6.04 Å². The summed E-state index contributed by atoms with van der Waals surface area (Å²) in [6.45, 7) is 2.29.